The zero-order chi connectivity index (χ0) is 27.8. The van der Waals surface area contributed by atoms with Gasteiger partial charge in [-0.15, -0.1) is 0 Å². The molecule has 5 rings (SSSR count). The molecule has 38 heavy (non-hydrogen) atoms. The molecule has 12 heteroatoms. The fourth-order valence-electron chi connectivity index (χ4n) is 5.08. The molecule has 0 aliphatic rings. The second-order valence-electron chi connectivity index (χ2n) is 8.35. The first-order chi connectivity index (χ1) is 18.0. The second kappa shape index (κ2) is 9.44. The molecule has 0 bridgehead atoms. The number of rotatable bonds is 4. The van der Waals surface area contributed by atoms with Crippen molar-refractivity contribution in [1.29, 1.82) is 0 Å². The predicted molar refractivity (Wildman–Crippen MR) is 159 cm³/mol. The number of amides is 2. The van der Waals surface area contributed by atoms with Crippen LogP contribution in [0.15, 0.2) is 42.2 Å². The number of halogens is 4. The Morgan fingerprint density at radius 2 is 0.947 bits per heavy atom. The molecule has 4 N–H and O–H groups in total. The third-order valence-corrected chi connectivity index (χ3v) is 10.8. The standard InChI is InChI=1S/C26H14Br4N2O6/c1-31-23(33)17-16-15-13(19(27)21(17)29)7-3-5-9(25(35)36)12-10(26(37)38)6-4-8(11(7)12)14(15)20(28)22(30)18(16)24(34)32-2/h3-6H,1-2H3,(H,31,33)(H,32,34)(H,35,36)(H,37,38). The maximum atomic E-state index is 13.2. The van der Waals surface area contributed by atoms with Crippen LogP contribution in [0.2, 0.25) is 0 Å². The molecule has 2 amide bonds. The highest BCUT2D eigenvalue weighted by Gasteiger charge is 2.31. The van der Waals surface area contributed by atoms with Gasteiger partial charge in [0.2, 0.25) is 0 Å². The van der Waals surface area contributed by atoms with Gasteiger partial charge in [0.15, 0.2) is 0 Å². The Balaban J connectivity index is 2.29. The molecule has 0 saturated carbocycles. The van der Waals surface area contributed by atoms with Gasteiger partial charge in [-0.2, -0.15) is 0 Å². The first-order valence-corrected chi connectivity index (χ1v) is 14.0. The summed E-state index contributed by atoms with van der Waals surface area (Å²) in [5.41, 5.74) is 0.124. The third-order valence-electron chi connectivity index (χ3n) is 6.58. The molecule has 0 saturated heterocycles. The van der Waals surface area contributed by atoms with Crippen molar-refractivity contribution in [3.8, 4) is 0 Å². The van der Waals surface area contributed by atoms with Gasteiger partial charge in [0.1, 0.15) is 0 Å². The van der Waals surface area contributed by atoms with E-state index >= 15 is 0 Å². The Kier molecular flexibility index (Phi) is 6.65. The minimum atomic E-state index is -1.27. The molecule has 192 valence electrons. The van der Waals surface area contributed by atoms with Crippen LogP contribution < -0.4 is 10.6 Å². The number of carboxylic acids is 2. The van der Waals surface area contributed by atoms with E-state index in [4.69, 9.17) is 0 Å². The molecule has 0 spiro atoms. The van der Waals surface area contributed by atoms with Crippen LogP contribution in [0.5, 0.6) is 0 Å². The summed E-state index contributed by atoms with van der Waals surface area (Å²) in [6, 6.07) is 5.97. The number of carboxylic acid groups (broad SMARTS) is 2. The monoisotopic (exact) mass is 766 g/mol. The van der Waals surface area contributed by atoms with Crippen molar-refractivity contribution in [2.45, 2.75) is 0 Å². The number of hydrogen-bond acceptors (Lipinski definition) is 4. The van der Waals surface area contributed by atoms with E-state index in [9.17, 15) is 29.4 Å². The first-order valence-electron chi connectivity index (χ1n) is 10.8. The fraction of sp³-hybridized carbons (Fsp3) is 0.0769. The quantitative estimate of drug-likeness (QED) is 0.116. The molecule has 5 aromatic carbocycles. The molecule has 0 radical (unpaired) electrons. The number of benzene rings is 5. The molecule has 0 fully saturated rings. The average molecular weight is 770 g/mol. The highest BCUT2D eigenvalue weighted by Crippen LogP contribution is 2.53. The van der Waals surface area contributed by atoms with Crippen LogP contribution in [0, 0.1) is 0 Å². The Labute approximate surface area is 247 Å². The second-order valence-corrected chi connectivity index (χ2v) is 11.5. The summed E-state index contributed by atoms with van der Waals surface area (Å²) in [5, 5.41) is 28.8. The lowest BCUT2D eigenvalue weighted by Gasteiger charge is -2.23. The third kappa shape index (κ3) is 3.50. The zero-order valence-electron chi connectivity index (χ0n) is 19.3. The van der Waals surface area contributed by atoms with E-state index in [-0.39, 0.29) is 27.6 Å². The summed E-state index contributed by atoms with van der Waals surface area (Å²) >= 11 is 14.3. The summed E-state index contributed by atoms with van der Waals surface area (Å²) in [7, 11) is 2.97. The lowest BCUT2D eigenvalue weighted by Crippen LogP contribution is -2.23. The van der Waals surface area contributed by atoms with E-state index < -0.39 is 23.8 Å². The fourth-order valence-corrected chi connectivity index (χ4v) is 7.45. The molecule has 0 atom stereocenters. The van der Waals surface area contributed by atoms with Crippen molar-refractivity contribution in [2.75, 3.05) is 14.1 Å². The van der Waals surface area contributed by atoms with E-state index in [0.29, 0.717) is 55.6 Å². The normalized spacial score (nSPS) is 11.5. The molecule has 0 unspecified atom stereocenters. The molecule has 8 nitrogen and oxygen atoms in total. The van der Waals surface area contributed by atoms with Gasteiger partial charge in [-0.25, -0.2) is 9.59 Å². The topological polar surface area (TPSA) is 133 Å². The Morgan fingerprint density at radius 1 is 0.553 bits per heavy atom. The van der Waals surface area contributed by atoms with Crippen molar-refractivity contribution in [1.82, 2.24) is 10.6 Å². The van der Waals surface area contributed by atoms with Gasteiger partial charge >= 0.3 is 11.9 Å². The van der Waals surface area contributed by atoms with Gasteiger partial charge in [0.25, 0.3) is 11.8 Å². The highest BCUT2D eigenvalue weighted by atomic mass is 79.9. The SMILES string of the molecule is CNC(=O)c1c(Br)c(Br)c2c3ccc(C(=O)O)c4c(C(=O)O)ccc(c5c(Br)c(Br)c(C(=O)NC)c1c25)c43. The minimum absolute atomic E-state index is 0.0793. The van der Waals surface area contributed by atoms with Crippen molar-refractivity contribution in [3.63, 3.8) is 0 Å². The highest BCUT2D eigenvalue weighted by molar-refractivity contribution is 9.13. The number of carbonyl (C=O) groups is 4. The molecular formula is C26H14Br4N2O6. The summed E-state index contributed by atoms with van der Waals surface area (Å²) in [6.07, 6.45) is 0. The van der Waals surface area contributed by atoms with Crippen molar-refractivity contribution in [2.24, 2.45) is 0 Å². The molecule has 0 aliphatic carbocycles. The van der Waals surface area contributed by atoms with Gasteiger partial charge in [0.05, 0.1) is 22.3 Å². The summed E-state index contributed by atoms with van der Waals surface area (Å²) in [6.45, 7) is 0. The predicted octanol–water partition coefficient (Wildman–Crippen LogP) is 6.90. The lowest BCUT2D eigenvalue weighted by molar-refractivity contribution is 0.0695. The summed E-state index contributed by atoms with van der Waals surface area (Å²) < 4.78 is 1.71. The van der Waals surface area contributed by atoms with Gasteiger partial charge in [0, 0.05) is 58.9 Å². The van der Waals surface area contributed by atoms with Crippen LogP contribution in [0.4, 0.5) is 0 Å². The number of hydrogen-bond donors (Lipinski definition) is 4. The van der Waals surface area contributed by atoms with Crippen LogP contribution in [0.3, 0.4) is 0 Å². The smallest absolute Gasteiger partial charge is 0.336 e. The Hall–Kier alpha value is -2.80. The zero-order valence-corrected chi connectivity index (χ0v) is 25.7. The van der Waals surface area contributed by atoms with E-state index in [1.54, 1.807) is 12.1 Å². The van der Waals surface area contributed by atoms with Gasteiger partial charge in [-0.1, -0.05) is 12.1 Å². The maximum absolute atomic E-state index is 13.2. The summed E-state index contributed by atoms with van der Waals surface area (Å²) in [4.78, 5) is 50.8. The molecule has 0 aliphatic heterocycles. The van der Waals surface area contributed by atoms with Crippen LogP contribution in [-0.4, -0.2) is 48.1 Å². The van der Waals surface area contributed by atoms with Crippen molar-refractivity contribution < 1.29 is 29.4 Å². The lowest BCUT2D eigenvalue weighted by atomic mass is 9.84. The van der Waals surface area contributed by atoms with Crippen LogP contribution in [-0.2, 0) is 0 Å². The van der Waals surface area contributed by atoms with Crippen molar-refractivity contribution in [3.05, 3.63) is 64.4 Å². The van der Waals surface area contributed by atoms with E-state index in [1.807, 2.05) is 0 Å². The minimum Gasteiger partial charge on any atom is -0.478 e. The van der Waals surface area contributed by atoms with E-state index in [2.05, 4.69) is 74.4 Å². The molecule has 0 heterocycles. The molecule has 0 aromatic heterocycles. The molecule has 5 aromatic rings. The van der Waals surface area contributed by atoms with Crippen molar-refractivity contribution >= 4 is 131 Å². The van der Waals surface area contributed by atoms with E-state index in [0.717, 1.165) is 0 Å². The Morgan fingerprint density at radius 3 is 1.29 bits per heavy atom. The number of fused-ring (bicyclic) bond motifs is 2. The summed E-state index contributed by atoms with van der Waals surface area (Å²) in [5.74, 6) is -3.41. The van der Waals surface area contributed by atoms with Crippen LogP contribution in [0.1, 0.15) is 41.4 Å². The Bertz CT molecular complexity index is 1810. The van der Waals surface area contributed by atoms with E-state index in [1.165, 1.54) is 26.2 Å². The number of carbonyl (C=O) groups excluding carboxylic acids is 2. The number of aromatic carboxylic acids is 2. The first kappa shape index (κ1) is 26.8. The van der Waals surface area contributed by atoms with Gasteiger partial charge in [-0.3, -0.25) is 9.59 Å². The maximum Gasteiger partial charge on any atom is 0.336 e. The molecular weight excluding hydrogens is 756 g/mol. The van der Waals surface area contributed by atoms with Crippen LogP contribution in [0.25, 0.3) is 43.1 Å². The van der Waals surface area contributed by atoms with Gasteiger partial charge < -0.3 is 20.8 Å². The number of nitrogens with one attached hydrogen (secondary N) is 2. The average Bonchev–Trinajstić information content (AvgIpc) is 2.89. The largest absolute Gasteiger partial charge is 0.478 e. The van der Waals surface area contributed by atoms with Crippen LogP contribution >= 0.6 is 63.7 Å². The van der Waals surface area contributed by atoms with Gasteiger partial charge in [-0.05, 0) is 92.0 Å².